The number of carbonyl (C=O) groups excluding carboxylic acids is 1. The number of ether oxygens (including phenoxy) is 1. The summed E-state index contributed by atoms with van der Waals surface area (Å²) in [5.41, 5.74) is 5.55. The lowest BCUT2D eigenvalue weighted by atomic mass is 9.68. The minimum Gasteiger partial charge on any atom is -0.376 e. The molecule has 2 rings (SSSR count). The van der Waals surface area contributed by atoms with E-state index in [0.29, 0.717) is 6.54 Å². The third-order valence-electron chi connectivity index (χ3n) is 4.27. The Hall–Kier alpha value is -0.610. The van der Waals surface area contributed by atoms with Gasteiger partial charge >= 0.3 is 0 Å². The molecular weight excluding hydrogens is 216 g/mol. The highest BCUT2D eigenvalue weighted by atomic mass is 16.5. The zero-order valence-corrected chi connectivity index (χ0v) is 10.8. The molecule has 2 aliphatic rings. The van der Waals surface area contributed by atoms with E-state index in [9.17, 15) is 4.79 Å². The smallest absolute Gasteiger partial charge is 0.230 e. The Balaban J connectivity index is 1.94. The summed E-state index contributed by atoms with van der Waals surface area (Å²) < 4.78 is 5.61. The summed E-state index contributed by atoms with van der Waals surface area (Å²) in [6.45, 7) is 4.89. The van der Waals surface area contributed by atoms with Gasteiger partial charge in [-0.15, -0.1) is 0 Å². The third kappa shape index (κ3) is 2.47. The fraction of sp³-hybridized carbons (Fsp3) is 0.923. The Morgan fingerprint density at radius 3 is 2.65 bits per heavy atom. The van der Waals surface area contributed by atoms with Crippen molar-refractivity contribution in [2.75, 3.05) is 26.2 Å². The molecule has 2 fully saturated rings. The van der Waals surface area contributed by atoms with Crippen molar-refractivity contribution in [1.82, 2.24) is 4.90 Å². The van der Waals surface area contributed by atoms with Gasteiger partial charge in [0.15, 0.2) is 0 Å². The molecule has 1 atom stereocenters. The van der Waals surface area contributed by atoms with Crippen molar-refractivity contribution in [3.8, 4) is 0 Å². The molecule has 1 aliphatic heterocycles. The molecule has 1 amide bonds. The monoisotopic (exact) mass is 240 g/mol. The van der Waals surface area contributed by atoms with Crippen molar-refractivity contribution in [2.24, 2.45) is 11.1 Å². The van der Waals surface area contributed by atoms with Crippen molar-refractivity contribution in [1.29, 1.82) is 0 Å². The number of nitrogens with zero attached hydrogens (tertiary/aromatic N) is 1. The quantitative estimate of drug-likeness (QED) is 0.784. The van der Waals surface area contributed by atoms with Crippen molar-refractivity contribution >= 4 is 5.91 Å². The van der Waals surface area contributed by atoms with Crippen LogP contribution in [0.2, 0.25) is 0 Å². The van der Waals surface area contributed by atoms with E-state index in [1.807, 2.05) is 11.8 Å². The van der Waals surface area contributed by atoms with Crippen LogP contribution in [0.4, 0.5) is 0 Å². The number of hydrogen-bond donors (Lipinski definition) is 1. The fourth-order valence-corrected chi connectivity index (χ4v) is 2.83. The molecule has 1 aliphatic carbocycles. The van der Waals surface area contributed by atoms with Gasteiger partial charge in [0.05, 0.1) is 11.5 Å². The third-order valence-corrected chi connectivity index (χ3v) is 4.27. The highest BCUT2D eigenvalue weighted by Crippen LogP contribution is 2.41. The lowest BCUT2D eigenvalue weighted by Gasteiger charge is -2.43. The first-order valence-corrected chi connectivity index (χ1v) is 6.83. The van der Waals surface area contributed by atoms with Crippen molar-refractivity contribution in [2.45, 2.75) is 45.1 Å². The van der Waals surface area contributed by atoms with E-state index in [1.54, 1.807) is 0 Å². The molecule has 98 valence electrons. The highest BCUT2D eigenvalue weighted by molar-refractivity contribution is 5.84. The molecule has 4 heteroatoms. The Bertz CT molecular complexity index is 265. The van der Waals surface area contributed by atoms with Crippen LogP contribution < -0.4 is 5.73 Å². The van der Waals surface area contributed by atoms with Crippen molar-refractivity contribution in [3.63, 3.8) is 0 Å². The van der Waals surface area contributed by atoms with E-state index in [0.717, 1.165) is 51.8 Å². The zero-order chi connectivity index (χ0) is 12.3. The molecule has 1 heterocycles. The summed E-state index contributed by atoms with van der Waals surface area (Å²) in [4.78, 5) is 14.4. The van der Waals surface area contributed by atoms with E-state index in [-0.39, 0.29) is 17.4 Å². The van der Waals surface area contributed by atoms with Crippen molar-refractivity contribution < 1.29 is 9.53 Å². The summed E-state index contributed by atoms with van der Waals surface area (Å²) in [5.74, 6) is 0.254. The second-order valence-corrected chi connectivity index (χ2v) is 5.32. The second-order valence-electron chi connectivity index (χ2n) is 5.32. The second kappa shape index (κ2) is 5.36. The zero-order valence-electron chi connectivity index (χ0n) is 10.8. The molecule has 1 unspecified atom stereocenters. The number of hydrogen-bond acceptors (Lipinski definition) is 3. The molecular formula is C13H24N2O2. The predicted molar refractivity (Wildman–Crippen MR) is 66.6 cm³/mol. The summed E-state index contributed by atoms with van der Waals surface area (Å²) in [6, 6.07) is 0. The molecule has 2 N–H and O–H groups in total. The number of carbonyl (C=O) groups is 1. The lowest BCUT2D eigenvalue weighted by Crippen LogP contribution is -2.53. The van der Waals surface area contributed by atoms with Crippen LogP contribution in [0.15, 0.2) is 0 Å². The minimum absolute atomic E-state index is 0.241. The molecule has 0 bridgehead atoms. The van der Waals surface area contributed by atoms with E-state index < -0.39 is 0 Å². The largest absolute Gasteiger partial charge is 0.376 e. The van der Waals surface area contributed by atoms with E-state index in [4.69, 9.17) is 10.5 Å². The maximum atomic E-state index is 12.5. The first kappa shape index (κ1) is 12.8. The van der Waals surface area contributed by atoms with Gasteiger partial charge in [0, 0.05) is 26.2 Å². The van der Waals surface area contributed by atoms with E-state index >= 15 is 0 Å². The predicted octanol–water partition coefficient (Wildman–Crippen LogP) is 1.14. The first-order chi connectivity index (χ1) is 8.22. The molecule has 1 saturated carbocycles. The van der Waals surface area contributed by atoms with Gasteiger partial charge < -0.3 is 15.4 Å². The molecule has 0 spiro atoms. The molecule has 4 nitrogen and oxygen atoms in total. The van der Waals surface area contributed by atoms with Gasteiger partial charge in [0.2, 0.25) is 5.91 Å². The fourth-order valence-electron chi connectivity index (χ4n) is 2.83. The Morgan fingerprint density at radius 1 is 1.47 bits per heavy atom. The Labute approximate surface area is 103 Å². The standard InChI is InChI=1S/C13H24N2O2/c1-2-15(9-11-5-3-8-17-11)12(16)13(10-14)6-4-7-13/h11H,2-10,14H2,1H3. The Kier molecular flexibility index (Phi) is 4.05. The van der Waals surface area contributed by atoms with Crippen LogP contribution in [-0.2, 0) is 9.53 Å². The molecule has 0 aromatic rings. The SMILES string of the molecule is CCN(CC1CCCO1)C(=O)C1(CN)CCC1. The highest BCUT2D eigenvalue weighted by Gasteiger charge is 2.45. The van der Waals surface area contributed by atoms with Crippen LogP contribution in [-0.4, -0.2) is 43.2 Å². The molecule has 0 aromatic carbocycles. The van der Waals surface area contributed by atoms with E-state index in [1.165, 1.54) is 0 Å². The molecule has 0 radical (unpaired) electrons. The van der Waals surface area contributed by atoms with Gasteiger partial charge in [0.25, 0.3) is 0 Å². The van der Waals surface area contributed by atoms with E-state index in [2.05, 4.69) is 0 Å². The van der Waals surface area contributed by atoms with Crippen LogP contribution in [0.3, 0.4) is 0 Å². The van der Waals surface area contributed by atoms with Gasteiger partial charge in [-0.2, -0.15) is 0 Å². The molecule has 17 heavy (non-hydrogen) atoms. The van der Waals surface area contributed by atoms with Crippen LogP contribution >= 0.6 is 0 Å². The normalized spacial score (nSPS) is 26.6. The summed E-state index contributed by atoms with van der Waals surface area (Å²) >= 11 is 0. The van der Waals surface area contributed by atoms with Gasteiger partial charge in [-0.1, -0.05) is 6.42 Å². The number of likely N-dealkylation sites (N-methyl/N-ethyl adjacent to an activating group) is 1. The van der Waals surface area contributed by atoms with Crippen LogP contribution in [0.25, 0.3) is 0 Å². The van der Waals surface area contributed by atoms with Gasteiger partial charge in [-0.3, -0.25) is 4.79 Å². The first-order valence-electron chi connectivity index (χ1n) is 6.83. The average molecular weight is 240 g/mol. The van der Waals surface area contributed by atoms with Crippen molar-refractivity contribution in [3.05, 3.63) is 0 Å². The molecule has 0 aromatic heterocycles. The maximum absolute atomic E-state index is 12.5. The average Bonchev–Trinajstić information content (AvgIpc) is 2.77. The van der Waals surface area contributed by atoms with Crippen LogP contribution in [0, 0.1) is 5.41 Å². The van der Waals surface area contributed by atoms with Crippen LogP contribution in [0.5, 0.6) is 0 Å². The number of rotatable bonds is 5. The summed E-state index contributed by atoms with van der Waals surface area (Å²) in [5, 5.41) is 0. The van der Waals surface area contributed by atoms with Gasteiger partial charge in [0.1, 0.15) is 0 Å². The Morgan fingerprint density at radius 2 is 2.24 bits per heavy atom. The minimum atomic E-state index is -0.241. The number of nitrogens with two attached hydrogens (primary N) is 1. The summed E-state index contributed by atoms with van der Waals surface area (Å²) in [6.07, 6.45) is 5.52. The lowest BCUT2D eigenvalue weighted by molar-refractivity contribution is -0.148. The maximum Gasteiger partial charge on any atom is 0.230 e. The van der Waals surface area contributed by atoms with Gasteiger partial charge in [-0.05, 0) is 32.6 Å². The number of amides is 1. The topological polar surface area (TPSA) is 55.6 Å². The van der Waals surface area contributed by atoms with Crippen LogP contribution in [0.1, 0.15) is 39.0 Å². The summed E-state index contributed by atoms with van der Waals surface area (Å²) in [7, 11) is 0. The molecule has 1 saturated heterocycles. The van der Waals surface area contributed by atoms with Gasteiger partial charge in [-0.25, -0.2) is 0 Å².